The highest BCUT2D eigenvalue weighted by molar-refractivity contribution is 7.89. The van der Waals surface area contributed by atoms with Crippen molar-refractivity contribution in [2.75, 3.05) is 26.8 Å². The quantitative estimate of drug-likeness (QED) is 0.416. The van der Waals surface area contributed by atoms with E-state index in [0.717, 1.165) is 0 Å². The van der Waals surface area contributed by atoms with E-state index in [2.05, 4.69) is 0 Å². The number of rotatable bonds is 11. The van der Waals surface area contributed by atoms with Crippen LogP contribution in [-0.4, -0.2) is 56.9 Å². The van der Waals surface area contributed by atoms with E-state index in [4.69, 9.17) is 14.6 Å². The highest BCUT2D eigenvalue weighted by Gasteiger charge is 2.22. The molecule has 0 heterocycles. The third-order valence-corrected chi connectivity index (χ3v) is 6.61. The van der Waals surface area contributed by atoms with Gasteiger partial charge in [0, 0.05) is 18.7 Å². The fraction of sp³-hybridized carbons (Fsp3) is 0.273. The molecule has 166 valence electrons. The van der Waals surface area contributed by atoms with Crippen LogP contribution in [0, 0.1) is 0 Å². The standard InChI is InChI=1S/C22H25NO7S/c1-4-23(5-2)31(27,28)18-11-8-17(9-12-18)21-16(7-6-14-24)10-13-19(22(21)29-3)30-15-20(25)26/h6-14H,4-5,15H2,1-3H3,(H,25,26). The first kappa shape index (κ1) is 24.1. The Morgan fingerprint density at radius 2 is 1.74 bits per heavy atom. The lowest BCUT2D eigenvalue weighted by Gasteiger charge is -2.19. The van der Waals surface area contributed by atoms with Crippen LogP contribution in [0.4, 0.5) is 0 Å². The van der Waals surface area contributed by atoms with Crippen LogP contribution in [0.1, 0.15) is 19.4 Å². The van der Waals surface area contributed by atoms with Gasteiger partial charge in [0.15, 0.2) is 18.1 Å². The second kappa shape index (κ2) is 10.7. The van der Waals surface area contributed by atoms with Crippen molar-refractivity contribution in [1.82, 2.24) is 4.31 Å². The number of aliphatic carboxylic acids is 1. The zero-order valence-corrected chi connectivity index (χ0v) is 18.4. The first-order chi connectivity index (χ1) is 14.8. The van der Waals surface area contributed by atoms with Crippen molar-refractivity contribution in [3.05, 3.63) is 48.0 Å². The summed E-state index contributed by atoms with van der Waals surface area (Å²) in [6.45, 7) is 3.71. The van der Waals surface area contributed by atoms with Crippen LogP contribution < -0.4 is 9.47 Å². The first-order valence-electron chi connectivity index (χ1n) is 9.58. The van der Waals surface area contributed by atoms with Gasteiger partial charge in [-0.1, -0.05) is 38.1 Å². The molecule has 31 heavy (non-hydrogen) atoms. The van der Waals surface area contributed by atoms with Crippen molar-refractivity contribution in [3.8, 4) is 22.6 Å². The monoisotopic (exact) mass is 447 g/mol. The summed E-state index contributed by atoms with van der Waals surface area (Å²) in [5.41, 5.74) is 1.77. The number of aldehydes is 1. The van der Waals surface area contributed by atoms with Crippen LogP contribution in [0.3, 0.4) is 0 Å². The van der Waals surface area contributed by atoms with Crippen molar-refractivity contribution in [2.24, 2.45) is 0 Å². The van der Waals surface area contributed by atoms with Gasteiger partial charge in [0.25, 0.3) is 0 Å². The molecule has 0 aromatic heterocycles. The average Bonchev–Trinajstić information content (AvgIpc) is 2.76. The highest BCUT2D eigenvalue weighted by atomic mass is 32.2. The van der Waals surface area contributed by atoms with Gasteiger partial charge in [-0.25, -0.2) is 13.2 Å². The number of hydrogen-bond acceptors (Lipinski definition) is 6. The van der Waals surface area contributed by atoms with Gasteiger partial charge >= 0.3 is 5.97 Å². The number of nitrogens with zero attached hydrogens (tertiary/aromatic N) is 1. The number of methoxy groups -OCH3 is 1. The maximum absolute atomic E-state index is 12.8. The van der Waals surface area contributed by atoms with Crippen LogP contribution in [0.2, 0.25) is 0 Å². The topological polar surface area (TPSA) is 110 Å². The number of ether oxygens (including phenoxy) is 2. The maximum Gasteiger partial charge on any atom is 0.341 e. The Morgan fingerprint density at radius 1 is 1.10 bits per heavy atom. The van der Waals surface area contributed by atoms with Crippen LogP contribution >= 0.6 is 0 Å². The number of carbonyl (C=O) groups is 2. The molecule has 0 atom stereocenters. The van der Waals surface area contributed by atoms with E-state index in [9.17, 15) is 18.0 Å². The van der Waals surface area contributed by atoms with Crippen molar-refractivity contribution in [3.63, 3.8) is 0 Å². The second-order valence-corrected chi connectivity index (χ2v) is 8.29. The molecule has 2 aromatic carbocycles. The van der Waals surface area contributed by atoms with Gasteiger partial charge in [-0.15, -0.1) is 0 Å². The minimum Gasteiger partial charge on any atom is -0.492 e. The normalized spacial score (nSPS) is 11.6. The van der Waals surface area contributed by atoms with Crippen LogP contribution in [0.25, 0.3) is 17.2 Å². The fourth-order valence-electron chi connectivity index (χ4n) is 3.12. The molecule has 0 saturated carbocycles. The molecule has 2 aromatic rings. The summed E-state index contributed by atoms with van der Waals surface area (Å²) in [6.07, 6.45) is 3.52. The first-order valence-corrected chi connectivity index (χ1v) is 11.0. The van der Waals surface area contributed by atoms with E-state index in [1.807, 2.05) is 0 Å². The van der Waals surface area contributed by atoms with Gasteiger partial charge in [0.05, 0.1) is 12.0 Å². The van der Waals surface area contributed by atoms with E-state index in [0.29, 0.717) is 36.1 Å². The predicted octanol–water partition coefficient (Wildman–Crippen LogP) is 3.07. The lowest BCUT2D eigenvalue weighted by Crippen LogP contribution is -2.30. The Labute approximate surface area is 181 Å². The van der Waals surface area contributed by atoms with Gasteiger partial charge in [-0.05, 0) is 35.4 Å². The summed E-state index contributed by atoms with van der Waals surface area (Å²) in [5, 5.41) is 8.91. The number of carboxylic acid groups (broad SMARTS) is 1. The van der Waals surface area contributed by atoms with Gasteiger partial charge < -0.3 is 14.6 Å². The van der Waals surface area contributed by atoms with Crippen molar-refractivity contribution < 1.29 is 32.6 Å². The summed E-state index contributed by atoms with van der Waals surface area (Å²) in [7, 11) is -2.20. The van der Waals surface area contributed by atoms with E-state index in [1.54, 1.807) is 44.2 Å². The summed E-state index contributed by atoms with van der Waals surface area (Å²) >= 11 is 0. The number of benzene rings is 2. The van der Waals surface area contributed by atoms with Crippen molar-refractivity contribution in [2.45, 2.75) is 18.7 Å². The molecule has 0 saturated heterocycles. The number of carbonyl (C=O) groups excluding carboxylic acids is 1. The van der Waals surface area contributed by atoms with Gasteiger partial charge in [-0.2, -0.15) is 4.31 Å². The Kier molecular flexibility index (Phi) is 8.35. The molecule has 9 heteroatoms. The molecule has 0 spiro atoms. The predicted molar refractivity (Wildman–Crippen MR) is 117 cm³/mol. The van der Waals surface area contributed by atoms with E-state index < -0.39 is 22.6 Å². The summed E-state index contributed by atoms with van der Waals surface area (Å²) in [5.74, 6) is -0.656. The third kappa shape index (κ3) is 5.50. The van der Waals surface area contributed by atoms with Gasteiger partial charge in [0.2, 0.25) is 10.0 Å². The number of sulfonamides is 1. The molecule has 0 radical (unpaired) electrons. The molecular weight excluding hydrogens is 422 g/mol. The number of carboxylic acids is 1. The van der Waals surface area contributed by atoms with Crippen molar-refractivity contribution >= 4 is 28.4 Å². The van der Waals surface area contributed by atoms with Crippen molar-refractivity contribution in [1.29, 1.82) is 0 Å². The van der Waals surface area contributed by atoms with Gasteiger partial charge in [0.1, 0.15) is 6.29 Å². The molecule has 0 bridgehead atoms. The lowest BCUT2D eigenvalue weighted by atomic mass is 9.97. The van der Waals surface area contributed by atoms with Crippen LogP contribution in [0.5, 0.6) is 11.5 Å². The Balaban J connectivity index is 2.61. The SMILES string of the molecule is CCN(CC)S(=O)(=O)c1ccc(-c2c(C=CC=O)ccc(OCC(=O)O)c2OC)cc1. The molecule has 0 aliphatic rings. The largest absolute Gasteiger partial charge is 0.492 e. The van der Waals surface area contributed by atoms with Crippen LogP contribution in [0.15, 0.2) is 47.4 Å². The highest BCUT2D eigenvalue weighted by Crippen LogP contribution is 2.41. The van der Waals surface area contributed by atoms with E-state index in [-0.39, 0.29) is 16.4 Å². The molecule has 0 aliphatic carbocycles. The van der Waals surface area contributed by atoms with E-state index in [1.165, 1.54) is 29.6 Å². The zero-order chi connectivity index (χ0) is 23.0. The molecule has 0 unspecified atom stereocenters. The summed E-state index contributed by atoms with van der Waals surface area (Å²) in [4.78, 5) is 21.9. The summed E-state index contributed by atoms with van der Waals surface area (Å²) in [6, 6.07) is 9.48. The van der Waals surface area contributed by atoms with Gasteiger partial charge in [-0.3, -0.25) is 4.79 Å². The molecule has 0 aliphatic heterocycles. The minimum atomic E-state index is -3.61. The molecule has 0 fully saturated rings. The Bertz CT molecular complexity index is 1060. The second-order valence-electron chi connectivity index (χ2n) is 6.35. The Hall–Kier alpha value is -3.17. The smallest absolute Gasteiger partial charge is 0.341 e. The molecular formula is C22H25NO7S. The lowest BCUT2D eigenvalue weighted by molar-refractivity contribution is -0.139. The molecule has 1 N–H and O–H groups in total. The third-order valence-electron chi connectivity index (χ3n) is 4.55. The number of allylic oxidation sites excluding steroid dienone is 1. The number of hydrogen-bond donors (Lipinski definition) is 1. The maximum atomic E-state index is 12.8. The Morgan fingerprint density at radius 3 is 2.26 bits per heavy atom. The zero-order valence-electron chi connectivity index (χ0n) is 17.6. The molecule has 0 amide bonds. The minimum absolute atomic E-state index is 0.155. The summed E-state index contributed by atoms with van der Waals surface area (Å²) < 4.78 is 37.7. The molecule has 2 rings (SSSR count). The molecule has 8 nitrogen and oxygen atoms in total. The van der Waals surface area contributed by atoms with Crippen LogP contribution in [-0.2, 0) is 19.6 Å². The van der Waals surface area contributed by atoms with E-state index >= 15 is 0 Å². The fourth-order valence-corrected chi connectivity index (χ4v) is 4.58. The average molecular weight is 448 g/mol.